The highest BCUT2D eigenvalue weighted by atomic mass is 16.5. The molecule has 0 saturated carbocycles. The third kappa shape index (κ3) is 4.90. The molecule has 33 heavy (non-hydrogen) atoms. The fourth-order valence-electron chi connectivity index (χ4n) is 3.66. The third-order valence-corrected chi connectivity index (χ3v) is 5.23. The SMILES string of the molecule is COc1ccc(NC2=C(c3ccc(OC(C)C)cc3)C(=O)N(Cc3ccccc3)C2=O)cc1. The predicted octanol–water partition coefficient (Wildman–Crippen LogP) is 4.87. The highest BCUT2D eigenvalue weighted by Crippen LogP contribution is 2.32. The minimum Gasteiger partial charge on any atom is -0.497 e. The van der Waals surface area contributed by atoms with Crippen LogP contribution < -0.4 is 14.8 Å². The Balaban J connectivity index is 1.70. The molecule has 0 atom stereocenters. The maximum absolute atomic E-state index is 13.4. The number of imide groups is 1. The number of methoxy groups -OCH3 is 1. The number of amides is 2. The van der Waals surface area contributed by atoms with Gasteiger partial charge in [-0.2, -0.15) is 0 Å². The Bertz CT molecular complexity index is 1170. The van der Waals surface area contributed by atoms with Crippen LogP contribution in [0, 0.1) is 0 Å². The topological polar surface area (TPSA) is 67.9 Å². The van der Waals surface area contributed by atoms with Crippen molar-refractivity contribution in [2.75, 3.05) is 12.4 Å². The molecule has 2 amide bonds. The van der Waals surface area contributed by atoms with Crippen LogP contribution in [0.2, 0.25) is 0 Å². The number of benzene rings is 3. The van der Waals surface area contributed by atoms with E-state index in [0.29, 0.717) is 28.3 Å². The summed E-state index contributed by atoms with van der Waals surface area (Å²) in [4.78, 5) is 28.1. The van der Waals surface area contributed by atoms with Crippen LogP contribution in [-0.2, 0) is 16.1 Å². The minimum absolute atomic E-state index is 0.0402. The lowest BCUT2D eigenvalue weighted by molar-refractivity contribution is -0.137. The largest absolute Gasteiger partial charge is 0.497 e. The van der Waals surface area contributed by atoms with Crippen molar-refractivity contribution in [2.45, 2.75) is 26.5 Å². The van der Waals surface area contributed by atoms with Crippen molar-refractivity contribution in [2.24, 2.45) is 0 Å². The first-order chi connectivity index (χ1) is 16.0. The van der Waals surface area contributed by atoms with Gasteiger partial charge >= 0.3 is 0 Å². The van der Waals surface area contributed by atoms with Gasteiger partial charge in [0.2, 0.25) is 0 Å². The monoisotopic (exact) mass is 442 g/mol. The summed E-state index contributed by atoms with van der Waals surface area (Å²) in [5.41, 5.74) is 2.80. The Morgan fingerprint density at radius 3 is 2.06 bits per heavy atom. The van der Waals surface area contributed by atoms with Crippen molar-refractivity contribution in [3.63, 3.8) is 0 Å². The summed E-state index contributed by atoms with van der Waals surface area (Å²) >= 11 is 0. The number of ether oxygens (including phenoxy) is 2. The number of hydrogen-bond donors (Lipinski definition) is 1. The van der Waals surface area contributed by atoms with Gasteiger partial charge in [0.25, 0.3) is 11.8 Å². The highest BCUT2D eigenvalue weighted by Gasteiger charge is 2.39. The summed E-state index contributed by atoms with van der Waals surface area (Å²) < 4.78 is 10.9. The van der Waals surface area contributed by atoms with E-state index in [2.05, 4.69) is 5.32 Å². The molecule has 1 heterocycles. The molecular weight excluding hydrogens is 416 g/mol. The molecule has 0 spiro atoms. The molecule has 1 aliphatic heterocycles. The van der Waals surface area contributed by atoms with Gasteiger partial charge in [-0.1, -0.05) is 42.5 Å². The van der Waals surface area contributed by atoms with Crippen LogP contribution in [0.5, 0.6) is 11.5 Å². The standard InChI is InChI=1S/C27H26N2O4/c1-18(2)33-23-13-9-20(10-14-23)24-25(28-21-11-15-22(32-3)16-12-21)27(31)29(26(24)30)17-19-7-5-4-6-8-19/h4-16,18,28H,17H2,1-3H3. The van der Waals surface area contributed by atoms with E-state index in [0.717, 1.165) is 5.56 Å². The van der Waals surface area contributed by atoms with Gasteiger partial charge in [-0.05, 0) is 61.4 Å². The Morgan fingerprint density at radius 1 is 0.818 bits per heavy atom. The second-order valence-corrected chi connectivity index (χ2v) is 7.98. The van der Waals surface area contributed by atoms with Crippen molar-refractivity contribution in [3.05, 3.63) is 95.7 Å². The molecular formula is C27H26N2O4. The Morgan fingerprint density at radius 2 is 1.45 bits per heavy atom. The molecule has 0 fully saturated rings. The fraction of sp³-hybridized carbons (Fsp3) is 0.185. The van der Waals surface area contributed by atoms with Gasteiger partial charge in [0, 0.05) is 5.69 Å². The van der Waals surface area contributed by atoms with Crippen molar-refractivity contribution >= 4 is 23.1 Å². The summed E-state index contributed by atoms with van der Waals surface area (Å²) in [5, 5.41) is 3.16. The van der Waals surface area contributed by atoms with E-state index in [1.165, 1.54) is 4.90 Å². The first kappa shape index (κ1) is 22.1. The highest BCUT2D eigenvalue weighted by molar-refractivity contribution is 6.36. The fourth-order valence-corrected chi connectivity index (χ4v) is 3.66. The van der Waals surface area contributed by atoms with E-state index < -0.39 is 0 Å². The van der Waals surface area contributed by atoms with Gasteiger partial charge in [-0.25, -0.2) is 0 Å². The number of rotatable bonds is 8. The number of hydrogen-bond acceptors (Lipinski definition) is 5. The van der Waals surface area contributed by atoms with Gasteiger partial charge in [0.1, 0.15) is 17.2 Å². The Labute approximate surface area is 193 Å². The lowest BCUT2D eigenvalue weighted by Crippen LogP contribution is -2.31. The van der Waals surface area contributed by atoms with E-state index in [-0.39, 0.29) is 30.2 Å². The molecule has 3 aromatic carbocycles. The molecule has 0 aliphatic carbocycles. The van der Waals surface area contributed by atoms with Gasteiger partial charge in [-0.3, -0.25) is 14.5 Å². The zero-order chi connectivity index (χ0) is 23.4. The molecule has 3 aromatic rings. The maximum atomic E-state index is 13.4. The van der Waals surface area contributed by atoms with Crippen LogP contribution >= 0.6 is 0 Å². The lowest BCUT2D eigenvalue weighted by Gasteiger charge is -2.15. The summed E-state index contributed by atoms with van der Waals surface area (Å²) in [6, 6.07) is 23.9. The average molecular weight is 443 g/mol. The smallest absolute Gasteiger partial charge is 0.278 e. The van der Waals surface area contributed by atoms with Crippen molar-refractivity contribution in [3.8, 4) is 11.5 Å². The minimum atomic E-state index is -0.364. The summed E-state index contributed by atoms with van der Waals surface area (Å²) in [7, 11) is 1.59. The maximum Gasteiger partial charge on any atom is 0.278 e. The van der Waals surface area contributed by atoms with Crippen LogP contribution in [0.25, 0.3) is 5.57 Å². The first-order valence-corrected chi connectivity index (χ1v) is 10.8. The second kappa shape index (κ2) is 9.61. The summed E-state index contributed by atoms with van der Waals surface area (Å²) in [6.45, 7) is 4.10. The number of anilines is 1. The van der Waals surface area contributed by atoms with E-state index in [4.69, 9.17) is 9.47 Å². The summed E-state index contributed by atoms with van der Waals surface area (Å²) in [6.07, 6.45) is 0.0402. The normalized spacial score (nSPS) is 13.6. The molecule has 168 valence electrons. The average Bonchev–Trinajstić information content (AvgIpc) is 3.05. The number of nitrogens with one attached hydrogen (secondary N) is 1. The Kier molecular flexibility index (Phi) is 6.45. The van der Waals surface area contributed by atoms with Crippen LogP contribution in [0.3, 0.4) is 0 Å². The quantitative estimate of drug-likeness (QED) is 0.504. The molecule has 6 nitrogen and oxygen atoms in total. The molecule has 6 heteroatoms. The van der Waals surface area contributed by atoms with Gasteiger partial charge in [-0.15, -0.1) is 0 Å². The first-order valence-electron chi connectivity index (χ1n) is 10.8. The van der Waals surface area contributed by atoms with Crippen LogP contribution in [0.4, 0.5) is 5.69 Å². The molecule has 0 radical (unpaired) electrons. The van der Waals surface area contributed by atoms with Crippen LogP contribution in [0.1, 0.15) is 25.0 Å². The number of nitrogens with zero attached hydrogens (tertiary/aromatic N) is 1. The van der Waals surface area contributed by atoms with E-state index in [1.54, 1.807) is 43.5 Å². The summed E-state index contributed by atoms with van der Waals surface area (Å²) in [5.74, 6) is 0.710. The van der Waals surface area contributed by atoms with E-state index in [1.807, 2.05) is 56.3 Å². The molecule has 4 rings (SSSR count). The van der Waals surface area contributed by atoms with Crippen LogP contribution in [-0.4, -0.2) is 29.9 Å². The van der Waals surface area contributed by atoms with Crippen molar-refractivity contribution < 1.29 is 19.1 Å². The van der Waals surface area contributed by atoms with E-state index >= 15 is 0 Å². The van der Waals surface area contributed by atoms with Gasteiger partial charge in [0.15, 0.2) is 0 Å². The molecule has 0 aromatic heterocycles. The second-order valence-electron chi connectivity index (χ2n) is 7.98. The van der Waals surface area contributed by atoms with Crippen LogP contribution in [0.15, 0.2) is 84.6 Å². The number of carbonyl (C=O) groups is 2. The van der Waals surface area contributed by atoms with Gasteiger partial charge in [0.05, 0.1) is 25.3 Å². The van der Waals surface area contributed by atoms with Crippen molar-refractivity contribution in [1.29, 1.82) is 0 Å². The molecule has 1 aliphatic rings. The third-order valence-electron chi connectivity index (χ3n) is 5.23. The zero-order valence-corrected chi connectivity index (χ0v) is 18.9. The van der Waals surface area contributed by atoms with Crippen molar-refractivity contribution in [1.82, 2.24) is 4.90 Å². The molecule has 1 N–H and O–H groups in total. The molecule has 0 saturated heterocycles. The molecule has 0 unspecified atom stereocenters. The Hall–Kier alpha value is -4.06. The zero-order valence-electron chi connectivity index (χ0n) is 18.9. The molecule has 0 bridgehead atoms. The van der Waals surface area contributed by atoms with Gasteiger partial charge < -0.3 is 14.8 Å². The number of carbonyl (C=O) groups excluding carboxylic acids is 2. The van der Waals surface area contributed by atoms with E-state index in [9.17, 15) is 9.59 Å². The lowest BCUT2D eigenvalue weighted by atomic mass is 10.0. The predicted molar refractivity (Wildman–Crippen MR) is 128 cm³/mol.